The molecule has 0 aromatic carbocycles. The van der Waals surface area contributed by atoms with Gasteiger partial charge >= 0.3 is 6.18 Å². The molecule has 1 aromatic heterocycles. The highest BCUT2D eigenvalue weighted by atomic mass is 19.4. The first kappa shape index (κ1) is 12.6. The minimum Gasteiger partial charge on any atom is -0.324 e. The Labute approximate surface area is 102 Å². The highest BCUT2D eigenvalue weighted by Crippen LogP contribution is 2.28. The van der Waals surface area contributed by atoms with Crippen LogP contribution in [0.2, 0.25) is 0 Å². The van der Waals surface area contributed by atoms with Crippen LogP contribution in [-0.4, -0.2) is 9.97 Å². The summed E-state index contributed by atoms with van der Waals surface area (Å²) in [6.45, 7) is 1.97. The second-order valence-electron chi connectivity index (χ2n) is 4.08. The van der Waals surface area contributed by atoms with Crippen LogP contribution in [0.15, 0.2) is 35.7 Å². The van der Waals surface area contributed by atoms with Crippen molar-refractivity contribution in [2.75, 3.05) is 5.32 Å². The van der Waals surface area contributed by atoms with Gasteiger partial charge in [-0.2, -0.15) is 13.2 Å². The van der Waals surface area contributed by atoms with Crippen molar-refractivity contribution >= 4 is 5.95 Å². The van der Waals surface area contributed by atoms with Gasteiger partial charge in [-0.05, 0) is 31.9 Å². The minimum absolute atomic E-state index is 0.0398. The lowest BCUT2D eigenvalue weighted by atomic mass is 10.1. The lowest BCUT2D eigenvalue weighted by Gasteiger charge is -2.13. The van der Waals surface area contributed by atoms with Crippen LogP contribution in [-0.2, 0) is 6.18 Å². The summed E-state index contributed by atoms with van der Waals surface area (Å²) in [5, 5.41) is 2.79. The third kappa shape index (κ3) is 3.09. The van der Waals surface area contributed by atoms with E-state index in [1.165, 1.54) is 5.57 Å². The number of hydrogen-bond acceptors (Lipinski definition) is 3. The molecule has 1 heterocycles. The zero-order valence-electron chi connectivity index (χ0n) is 9.75. The fraction of sp³-hybridized carbons (Fsp3) is 0.333. The molecule has 0 amide bonds. The Kier molecular flexibility index (Phi) is 3.36. The lowest BCUT2D eigenvalue weighted by molar-refractivity contribution is -0.141. The summed E-state index contributed by atoms with van der Waals surface area (Å²) < 4.78 is 37.4. The van der Waals surface area contributed by atoms with Crippen molar-refractivity contribution in [3.8, 4) is 0 Å². The Hall–Kier alpha value is -1.85. The van der Waals surface area contributed by atoms with Crippen LogP contribution in [0.25, 0.3) is 0 Å². The molecule has 0 spiro atoms. The van der Waals surface area contributed by atoms with Crippen molar-refractivity contribution in [1.29, 1.82) is 0 Å². The highest BCUT2D eigenvalue weighted by Gasteiger charge is 2.32. The largest absolute Gasteiger partial charge is 0.433 e. The molecule has 3 nitrogen and oxygen atoms in total. The summed E-state index contributed by atoms with van der Waals surface area (Å²) in [5.41, 5.74) is 0.960. The van der Waals surface area contributed by atoms with E-state index in [9.17, 15) is 13.2 Å². The monoisotopic (exact) mass is 255 g/mol. The molecule has 1 aromatic rings. The summed E-state index contributed by atoms with van der Waals surface area (Å²) in [6, 6.07) is 0.849. The molecule has 18 heavy (non-hydrogen) atoms. The van der Waals surface area contributed by atoms with Crippen molar-refractivity contribution in [1.82, 2.24) is 9.97 Å². The van der Waals surface area contributed by atoms with E-state index in [-0.39, 0.29) is 5.95 Å². The van der Waals surface area contributed by atoms with E-state index in [1.54, 1.807) is 0 Å². The van der Waals surface area contributed by atoms with Gasteiger partial charge in [0.15, 0.2) is 0 Å². The number of halogens is 3. The number of rotatable bonds is 2. The van der Waals surface area contributed by atoms with Gasteiger partial charge in [-0.1, -0.05) is 11.6 Å². The normalized spacial score (nSPS) is 16.0. The average Bonchev–Trinajstić information content (AvgIpc) is 2.28. The zero-order chi connectivity index (χ0) is 13.2. The molecule has 1 N–H and O–H groups in total. The van der Waals surface area contributed by atoms with Crippen LogP contribution in [0.3, 0.4) is 0 Å². The van der Waals surface area contributed by atoms with E-state index < -0.39 is 11.9 Å². The molecule has 1 aliphatic rings. The molecule has 0 fully saturated rings. The number of anilines is 1. The first-order valence-corrected chi connectivity index (χ1v) is 5.50. The summed E-state index contributed by atoms with van der Waals surface area (Å²) in [6.07, 6.45) is 2.27. The number of allylic oxidation sites excluding steroid dienone is 3. The number of aromatic nitrogens is 2. The molecular formula is C12H12F3N3. The minimum atomic E-state index is -4.45. The SMILES string of the molecule is CC1=CC(Nc2nccc(C(F)(F)F)n2)=CCC1. The Balaban J connectivity index is 2.18. The first-order chi connectivity index (χ1) is 8.45. The molecule has 0 atom stereocenters. The second-order valence-corrected chi connectivity index (χ2v) is 4.08. The van der Waals surface area contributed by atoms with Gasteiger partial charge in [0.1, 0.15) is 5.69 Å². The predicted octanol–water partition coefficient (Wildman–Crippen LogP) is 3.53. The number of nitrogens with one attached hydrogen (secondary N) is 1. The smallest absolute Gasteiger partial charge is 0.324 e. The molecule has 0 unspecified atom stereocenters. The fourth-order valence-corrected chi connectivity index (χ4v) is 1.64. The van der Waals surface area contributed by atoms with Crippen LogP contribution in [0.5, 0.6) is 0 Å². The van der Waals surface area contributed by atoms with Gasteiger partial charge in [0.25, 0.3) is 0 Å². The molecule has 0 saturated carbocycles. The standard InChI is InChI=1S/C12H12F3N3/c1-8-3-2-4-9(7-8)17-11-16-6-5-10(18-11)12(13,14)15/h4-7H,2-3H2,1H3,(H,16,17,18). The molecule has 0 radical (unpaired) electrons. The van der Waals surface area contributed by atoms with E-state index in [1.807, 2.05) is 19.1 Å². The van der Waals surface area contributed by atoms with Crippen molar-refractivity contribution in [2.24, 2.45) is 0 Å². The topological polar surface area (TPSA) is 37.8 Å². The van der Waals surface area contributed by atoms with Crippen molar-refractivity contribution < 1.29 is 13.2 Å². The maximum atomic E-state index is 12.5. The molecule has 0 saturated heterocycles. The van der Waals surface area contributed by atoms with E-state index in [0.717, 1.165) is 30.8 Å². The highest BCUT2D eigenvalue weighted by molar-refractivity contribution is 5.42. The molecule has 6 heteroatoms. The molecule has 0 aliphatic heterocycles. The van der Waals surface area contributed by atoms with Crippen LogP contribution in [0, 0.1) is 0 Å². The molecular weight excluding hydrogens is 243 g/mol. The maximum absolute atomic E-state index is 12.5. The quantitative estimate of drug-likeness (QED) is 0.878. The molecule has 2 rings (SSSR count). The fourth-order valence-electron chi connectivity index (χ4n) is 1.64. The number of hydrogen-bond donors (Lipinski definition) is 1. The Bertz CT molecular complexity index is 504. The van der Waals surface area contributed by atoms with Gasteiger partial charge < -0.3 is 5.32 Å². The van der Waals surface area contributed by atoms with E-state index >= 15 is 0 Å². The Morgan fingerprint density at radius 2 is 2.11 bits per heavy atom. The van der Waals surface area contributed by atoms with Gasteiger partial charge in [0.2, 0.25) is 5.95 Å². The predicted molar refractivity (Wildman–Crippen MR) is 61.7 cm³/mol. The molecule has 1 aliphatic carbocycles. The Morgan fingerprint density at radius 3 is 2.78 bits per heavy atom. The molecule has 96 valence electrons. The summed E-state index contributed by atoms with van der Waals surface area (Å²) >= 11 is 0. The third-order valence-electron chi connectivity index (χ3n) is 2.51. The third-order valence-corrected chi connectivity index (χ3v) is 2.51. The van der Waals surface area contributed by atoms with Crippen LogP contribution in [0.1, 0.15) is 25.5 Å². The van der Waals surface area contributed by atoms with Crippen molar-refractivity contribution in [3.63, 3.8) is 0 Å². The molecule has 0 bridgehead atoms. The van der Waals surface area contributed by atoms with E-state index in [2.05, 4.69) is 15.3 Å². The Morgan fingerprint density at radius 1 is 1.33 bits per heavy atom. The van der Waals surface area contributed by atoms with Crippen LogP contribution >= 0.6 is 0 Å². The maximum Gasteiger partial charge on any atom is 0.433 e. The number of nitrogens with zero attached hydrogens (tertiary/aromatic N) is 2. The summed E-state index contributed by atoms with van der Waals surface area (Å²) in [5.74, 6) is -0.0398. The van der Waals surface area contributed by atoms with Gasteiger partial charge in [0, 0.05) is 11.9 Å². The summed E-state index contributed by atoms with van der Waals surface area (Å²) in [7, 11) is 0. The van der Waals surface area contributed by atoms with Gasteiger partial charge in [0.05, 0.1) is 0 Å². The van der Waals surface area contributed by atoms with Crippen molar-refractivity contribution in [2.45, 2.75) is 25.9 Å². The number of alkyl halides is 3. The van der Waals surface area contributed by atoms with E-state index in [4.69, 9.17) is 0 Å². The summed E-state index contributed by atoms with van der Waals surface area (Å²) in [4.78, 5) is 7.23. The average molecular weight is 255 g/mol. The van der Waals surface area contributed by atoms with E-state index in [0.29, 0.717) is 0 Å². The van der Waals surface area contributed by atoms with Crippen LogP contribution < -0.4 is 5.32 Å². The van der Waals surface area contributed by atoms with Gasteiger partial charge in [-0.15, -0.1) is 0 Å². The lowest BCUT2D eigenvalue weighted by Crippen LogP contribution is -2.11. The van der Waals surface area contributed by atoms with Crippen LogP contribution in [0.4, 0.5) is 19.1 Å². The zero-order valence-corrected chi connectivity index (χ0v) is 9.75. The van der Waals surface area contributed by atoms with Crippen molar-refractivity contribution in [3.05, 3.63) is 41.4 Å². The van der Waals surface area contributed by atoms with Gasteiger partial charge in [-0.25, -0.2) is 9.97 Å². The first-order valence-electron chi connectivity index (χ1n) is 5.50. The second kappa shape index (κ2) is 4.80. The van der Waals surface area contributed by atoms with Gasteiger partial charge in [-0.3, -0.25) is 0 Å².